The van der Waals surface area contributed by atoms with Crippen LogP contribution in [0.4, 0.5) is 14.9 Å². The van der Waals surface area contributed by atoms with Gasteiger partial charge in [-0.25, -0.2) is 9.18 Å². The number of rotatable bonds is 3. The van der Waals surface area contributed by atoms with E-state index in [2.05, 4.69) is 4.98 Å². The lowest BCUT2D eigenvalue weighted by Crippen LogP contribution is -2.50. The molecular formula is C24H28FN3O3. The number of benzene rings is 1. The smallest absolute Gasteiger partial charge is 0.410 e. The third-order valence-electron chi connectivity index (χ3n) is 6.81. The molecule has 7 heteroatoms. The lowest BCUT2D eigenvalue weighted by Gasteiger charge is -2.39. The minimum Gasteiger partial charge on any atom is -0.444 e. The summed E-state index contributed by atoms with van der Waals surface area (Å²) < 4.78 is 20.8. The number of hydrogen-bond acceptors (Lipinski definition) is 5. The minimum absolute atomic E-state index is 0.0810. The van der Waals surface area contributed by atoms with E-state index in [1.807, 2.05) is 34.1 Å². The van der Waals surface area contributed by atoms with Crippen LogP contribution >= 0.6 is 0 Å². The highest BCUT2D eigenvalue weighted by Crippen LogP contribution is 2.37. The molecule has 164 valence electrons. The van der Waals surface area contributed by atoms with Crippen LogP contribution in [-0.4, -0.2) is 58.5 Å². The Bertz CT molecular complexity index is 927. The molecule has 0 saturated carbocycles. The largest absolute Gasteiger partial charge is 0.444 e. The van der Waals surface area contributed by atoms with Crippen LogP contribution in [0.25, 0.3) is 11.3 Å². The standard InChI is InChI=1S/C24H28FN3O3/c25-21-12-16(22-5-1-2-10-26-22)6-9-23(21)27-11-3-4-20(15-27)31-24(30)28-17-7-8-18(28)14-19(29)13-17/h1-2,5-6,9-10,12,17-20,29H,3-4,7-8,11,13-15H2. The number of ether oxygens (including phenoxy) is 1. The molecule has 1 N–H and O–H groups in total. The summed E-state index contributed by atoms with van der Waals surface area (Å²) in [6, 6.07) is 10.9. The summed E-state index contributed by atoms with van der Waals surface area (Å²) in [6.07, 6.45) is 5.59. The lowest BCUT2D eigenvalue weighted by molar-refractivity contribution is 0.00640. The summed E-state index contributed by atoms with van der Waals surface area (Å²) >= 11 is 0. The lowest BCUT2D eigenvalue weighted by atomic mass is 10.0. The van der Waals surface area contributed by atoms with Crippen molar-refractivity contribution in [2.24, 2.45) is 0 Å². The van der Waals surface area contributed by atoms with Crippen LogP contribution in [0.2, 0.25) is 0 Å². The molecule has 3 atom stereocenters. The van der Waals surface area contributed by atoms with Crippen molar-refractivity contribution < 1.29 is 19.0 Å². The van der Waals surface area contributed by atoms with Crippen LogP contribution < -0.4 is 4.90 Å². The predicted molar refractivity (Wildman–Crippen MR) is 115 cm³/mol. The highest BCUT2D eigenvalue weighted by molar-refractivity contribution is 5.69. The Morgan fingerprint density at radius 3 is 2.65 bits per heavy atom. The molecule has 0 spiro atoms. The second-order valence-corrected chi connectivity index (χ2v) is 8.89. The van der Waals surface area contributed by atoms with Gasteiger partial charge in [0.25, 0.3) is 0 Å². The number of carbonyl (C=O) groups excluding carboxylic acids is 1. The van der Waals surface area contributed by atoms with Crippen LogP contribution in [-0.2, 0) is 4.74 Å². The Morgan fingerprint density at radius 2 is 1.94 bits per heavy atom. The summed E-state index contributed by atoms with van der Waals surface area (Å²) in [7, 11) is 0. The number of hydrogen-bond donors (Lipinski definition) is 1. The van der Waals surface area contributed by atoms with Crippen molar-refractivity contribution in [1.29, 1.82) is 0 Å². The quantitative estimate of drug-likeness (QED) is 0.806. The number of amides is 1. The predicted octanol–water partition coefficient (Wildman–Crippen LogP) is 3.98. The van der Waals surface area contributed by atoms with E-state index >= 15 is 0 Å². The number of carbonyl (C=O) groups is 1. The van der Waals surface area contributed by atoms with E-state index in [0.29, 0.717) is 25.1 Å². The molecule has 3 aliphatic rings. The molecule has 1 amide bonds. The van der Waals surface area contributed by atoms with Crippen molar-refractivity contribution in [2.75, 3.05) is 18.0 Å². The topological polar surface area (TPSA) is 65.9 Å². The van der Waals surface area contributed by atoms with Gasteiger partial charge in [-0.15, -0.1) is 0 Å². The second-order valence-electron chi connectivity index (χ2n) is 8.89. The van der Waals surface area contributed by atoms with Gasteiger partial charge in [0.05, 0.1) is 24.0 Å². The van der Waals surface area contributed by atoms with E-state index in [1.54, 1.807) is 12.3 Å². The summed E-state index contributed by atoms with van der Waals surface area (Å²) in [5.41, 5.74) is 2.01. The first-order valence-corrected chi connectivity index (χ1v) is 11.2. The fourth-order valence-corrected chi connectivity index (χ4v) is 5.36. The van der Waals surface area contributed by atoms with E-state index in [4.69, 9.17) is 4.74 Å². The molecule has 3 unspecified atom stereocenters. The Balaban J connectivity index is 1.25. The maximum Gasteiger partial charge on any atom is 0.410 e. The van der Waals surface area contributed by atoms with E-state index < -0.39 is 0 Å². The summed E-state index contributed by atoms with van der Waals surface area (Å²) in [4.78, 5) is 21.0. The monoisotopic (exact) mass is 425 g/mol. The molecule has 0 aliphatic carbocycles. The molecule has 0 radical (unpaired) electrons. The van der Waals surface area contributed by atoms with Crippen molar-refractivity contribution in [3.8, 4) is 11.3 Å². The van der Waals surface area contributed by atoms with Gasteiger partial charge in [-0.3, -0.25) is 4.98 Å². The number of aromatic nitrogens is 1. The molecule has 1 aromatic heterocycles. The summed E-state index contributed by atoms with van der Waals surface area (Å²) in [5, 5.41) is 9.97. The highest BCUT2D eigenvalue weighted by Gasteiger charge is 2.44. The molecule has 3 saturated heterocycles. The van der Waals surface area contributed by atoms with Crippen LogP contribution in [0, 0.1) is 5.82 Å². The third-order valence-corrected chi connectivity index (χ3v) is 6.81. The second kappa shape index (κ2) is 8.46. The summed E-state index contributed by atoms with van der Waals surface area (Å²) in [6.45, 7) is 1.21. The van der Waals surface area contributed by atoms with Crippen molar-refractivity contribution in [2.45, 2.75) is 62.8 Å². The van der Waals surface area contributed by atoms with Crippen molar-refractivity contribution in [3.05, 3.63) is 48.4 Å². The average molecular weight is 426 g/mol. The zero-order valence-corrected chi connectivity index (χ0v) is 17.5. The Kier molecular flexibility index (Phi) is 5.52. The number of fused-ring (bicyclic) bond motifs is 2. The van der Waals surface area contributed by atoms with Crippen LogP contribution in [0.1, 0.15) is 38.5 Å². The van der Waals surface area contributed by atoms with Gasteiger partial charge in [0, 0.05) is 30.4 Å². The van der Waals surface area contributed by atoms with E-state index in [1.165, 1.54) is 6.07 Å². The van der Waals surface area contributed by atoms with Crippen molar-refractivity contribution >= 4 is 11.8 Å². The molecule has 5 rings (SSSR count). The number of anilines is 1. The van der Waals surface area contributed by atoms with Gasteiger partial charge in [-0.1, -0.05) is 12.1 Å². The number of piperidine rings is 2. The zero-order valence-electron chi connectivity index (χ0n) is 17.5. The first-order chi connectivity index (χ1) is 15.1. The number of halogens is 1. The van der Waals surface area contributed by atoms with E-state index in [-0.39, 0.29) is 36.2 Å². The van der Waals surface area contributed by atoms with Gasteiger partial charge in [0.15, 0.2) is 0 Å². The maximum absolute atomic E-state index is 14.9. The SMILES string of the molecule is O=C(OC1CCCN(c2ccc(-c3ccccn3)cc2F)C1)N1C2CCC1CC(O)C2. The van der Waals surface area contributed by atoms with Gasteiger partial charge in [0.2, 0.25) is 0 Å². The minimum atomic E-state index is -0.316. The molecule has 1 aromatic carbocycles. The fourth-order valence-electron chi connectivity index (χ4n) is 5.36. The first kappa shape index (κ1) is 20.2. The number of aliphatic hydroxyl groups is 1. The van der Waals surface area contributed by atoms with E-state index in [9.17, 15) is 14.3 Å². The van der Waals surface area contributed by atoms with Crippen molar-refractivity contribution in [1.82, 2.24) is 9.88 Å². The molecule has 4 heterocycles. The molecular weight excluding hydrogens is 397 g/mol. The van der Waals surface area contributed by atoms with E-state index in [0.717, 1.165) is 43.5 Å². The van der Waals surface area contributed by atoms with Gasteiger partial charge in [0.1, 0.15) is 11.9 Å². The summed E-state index contributed by atoms with van der Waals surface area (Å²) in [5.74, 6) is -0.293. The Morgan fingerprint density at radius 1 is 1.13 bits per heavy atom. The number of nitrogens with zero attached hydrogens (tertiary/aromatic N) is 3. The Labute approximate surface area is 181 Å². The van der Waals surface area contributed by atoms with Crippen LogP contribution in [0.5, 0.6) is 0 Å². The molecule has 2 aromatic rings. The molecule has 3 aliphatic heterocycles. The highest BCUT2D eigenvalue weighted by atomic mass is 19.1. The fraction of sp³-hybridized carbons (Fsp3) is 0.500. The number of pyridine rings is 1. The number of aliphatic hydroxyl groups excluding tert-OH is 1. The maximum atomic E-state index is 14.9. The van der Waals surface area contributed by atoms with Gasteiger partial charge in [-0.05, 0) is 62.8 Å². The molecule has 2 bridgehead atoms. The van der Waals surface area contributed by atoms with Crippen LogP contribution in [0.15, 0.2) is 42.6 Å². The van der Waals surface area contributed by atoms with Gasteiger partial charge in [-0.2, -0.15) is 0 Å². The third kappa shape index (κ3) is 4.11. The zero-order chi connectivity index (χ0) is 21.4. The Hall–Kier alpha value is -2.67. The molecule has 6 nitrogen and oxygen atoms in total. The molecule has 31 heavy (non-hydrogen) atoms. The first-order valence-electron chi connectivity index (χ1n) is 11.2. The normalized spacial score (nSPS) is 27.9. The van der Waals surface area contributed by atoms with Crippen molar-refractivity contribution in [3.63, 3.8) is 0 Å². The van der Waals surface area contributed by atoms with Gasteiger partial charge >= 0.3 is 6.09 Å². The molecule has 3 fully saturated rings. The van der Waals surface area contributed by atoms with Gasteiger partial charge < -0.3 is 19.6 Å². The average Bonchev–Trinajstić information content (AvgIpc) is 3.06. The van der Waals surface area contributed by atoms with Crippen LogP contribution in [0.3, 0.4) is 0 Å².